The number of nitrogens with zero attached hydrogens (tertiary/aromatic N) is 2. The predicted octanol–water partition coefficient (Wildman–Crippen LogP) is 5.02. The molecule has 0 aliphatic rings. The number of carbonyl (C=O) groups excluding carboxylic acids is 1. The van der Waals surface area contributed by atoms with Crippen molar-refractivity contribution < 1.29 is 14.3 Å². The topological polar surface area (TPSA) is 73.3 Å². The third-order valence-corrected chi connectivity index (χ3v) is 5.16. The number of thiophene rings is 1. The lowest BCUT2D eigenvalue weighted by atomic mass is 10.1. The van der Waals surface area contributed by atoms with E-state index in [0.29, 0.717) is 17.9 Å². The standard InChI is InChI=1S/C21H23N3O3S/c1-4-5-6-21(25)23-15-10-20(28-13-15)17-12-22-11-16(24-17)14-7-8-18(26-2)19(9-14)27-3/h7-13H,4-6H2,1-3H3,(H,23,25). The van der Waals surface area contributed by atoms with Crippen LogP contribution in [0.1, 0.15) is 26.2 Å². The molecular weight excluding hydrogens is 374 g/mol. The van der Waals surface area contributed by atoms with E-state index in [1.165, 1.54) is 11.3 Å². The number of hydrogen-bond donors (Lipinski definition) is 1. The summed E-state index contributed by atoms with van der Waals surface area (Å²) in [6.45, 7) is 2.07. The Bertz CT molecular complexity index is 956. The molecule has 146 valence electrons. The van der Waals surface area contributed by atoms with Gasteiger partial charge in [-0.3, -0.25) is 9.78 Å². The zero-order chi connectivity index (χ0) is 19.9. The third kappa shape index (κ3) is 4.67. The molecule has 0 unspecified atom stereocenters. The number of nitrogens with one attached hydrogen (secondary N) is 1. The molecule has 2 aromatic heterocycles. The van der Waals surface area contributed by atoms with E-state index in [9.17, 15) is 4.79 Å². The summed E-state index contributed by atoms with van der Waals surface area (Å²) >= 11 is 1.52. The number of unbranched alkanes of at least 4 members (excludes halogenated alkanes) is 1. The van der Waals surface area contributed by atoms with Gasteiger partial charge in [-0.25, -0.2) is 4.98 Å². The lowest BCUT2D eigenvalue weighted by Gasteiger charge is -2.09. The molecule has 6 nitrogen and oxygen atoms in total. The Morgan fingerprint density at radius 2 is 1.89 bits per heavy atom. The van der Waals surface area contributed by atoms with Crippen LogP contribution in [0.5, 0.6) is 11.5 Å². The van der Waals surface area contributed by atoms with E-state index in [0.717, 1.165) is 40.4 Å². The molecule has 0 aliphatic carbocycles. The molecule has 3 rings (SSSR count). The Kier molecular flexibility index (Phi) is 6.60. The van der Waals surface area contributed by atoms with Crippen molar-refractivity contribution in [1.29, 1.82) is 0 Å². The van der Waals surface area contributed by atoms with E-state index in [4.69, 9.17) is 14.5 Å². The molecule has 0 fully saturated rings. The Hall–Kier alpha value is -2.93. The molecule has 2 heterocycles. The number of hydrogen-bond acceptors (Lipinski definition) is 6. The van der Waals surface area contributed by atoms with Crippen LogP contribution in [0.3, 0.4) is 0 Å². The second-order valence-electron chi connectivity index (χ2n) is 6.21. The maximum atomic E-state index is 11.9. The molecule has 0 spiro atoms. The minimum absolute atomic E-state index is 0.0383. The highest BCUT2D eigenvalue weighted by Gasteiger charge is 2.11. The Morgan fingerprint density at radius 3 is 2.64 bits per heavy atom. The molecule has 7 heteroatoms. The lowest BCUT2D eigenvalue weighted by molar-refractivity contribution is -0.116. The van der Waals surface area contributed by atoms with Gasteiger partial charge in [0.15, 0.2) is 11.5 Å². The summed E-state index contributed by atoms with van der Waals surface area (Å²) in [5, 5.41) is 4.85. The first-order valence-corrected chi connectivity index (χ1v) is 9.95. The van der Waals surface area contributed by atoms with Gasteiger partial charge in [0.2, 0.25) is 5.91 Å². The number of aromatic nitrogens is 2. The highest BCUT2D eigenvalue weighted by molar-refractivity contribution is 7.14. The van der Waals surface area contributed by atoms with E-state index in [2.05, 4.69) is 17.2 Å². The Labute approximate surface area is 168 Å². The molecule has 0 atom stereocenters. The first-order chi connectivity index (χ1) is 13.6. The Balaban J connectivity index is 1.81. The third-order valence-electron chi connectivity index (χ3n) is 4.21. The van der Waals surface area contributed by atoms with Gasteiger partial charge in [-0.15, -0.1) is 11.3 Å². The molecule has 0 saturated carbocycles. The van der Waals surface area contributed by atoms with Crippen LogP contribution < -0.4 is 14.8 Å². The fourth-order valence-electron chi connectivity index (χ4n) is 2.72. The molecule has 0 bridgehead atoms. The van der Waals surface area contributed by atoms with E-state index < -0.39 is 0 Å². The van der Waals surface area contributed by atoms with Crippen LogP contribution in [0.15, 0.2) is 42.0 Å². The fraction of sp³-hybridized carbons (Fsp3) is 0.286. The smallest absolute Gasteiger partial charge is 0.224 e. The highest BCUT2D eigenvalue weighted by Crippen LogP contribution is 2.33. The maximum Gasteiger partial charge on any atom is 0.224 e. The minimum Gasteiger partial charge on any atom is -0.493 e. The second kappa shape index (κ2) is 9.32. The monoisotopic (exact) mass is 397 g/mol. The van der Waals surface area contributed by atoms with Crippen molar-refractivity contribution >= 4 is 22.9 Å². The van der Waals surface area contributed by atoms with Crippen molar-refractivity contribution in [1.82, 2.24) is 9.97 Å². The molecule has 3 aromatic rings. The number of ether oxygens (including phenoxy) is 2. The van der Waals surface area contributed by atoms with Gasteiger partial charge in [0.1, 0.15) is 0 Å². The first-order valence-electron chi connectivity index (χ1n) is 9.07. The average Bonchev–Trinajstić information content (AvgIpc) is 3.20. The highest BCUT2D eigenvalue weighted by atomic mass is 32.1. The lowest BCUT2D eigenvalue weighted by Crippen LogP contribution is -2.09. The number of anilines is 1. The number of carbonyl (C=O) groups is 1. The molecule has 0 radical (unpaired) electrons. The van der Waals surface area contributed by atoms with E-state index in [1.807, 2.05) is 29.6 Å². The normalized spacial score (nSPS) is 10.5. The van der Waals surface area contributed by atoms with Crippen molar-refractivity contribution in [2.24, 2.45) is 0 Å². The molecule has 1 N–H and O–H groups in total. The number of methoxy groups -OCH3 is 2. The quantitative estimate of drug-likeness (QED) is 0.578. The van der Waals surface area contributed by atoms with Crippen molar-refractivity contribution in [3.63, 3.8) is 0 Å². The summed E-state index contributed by atoms with van der Waals surface area (Å²) in [5.41, 5.74) is 3.17. The van der Waals surface area contributed by atoms with Gasteiger partial charge >= 0.3 is 0 Å². The number of benzene rings is 1. The minimum atomic E-state index is 0.0383. The summed E-state index contributed by atoms with van der Waals surface area (Å²) in [6, 6.07) is 7.57. The van der Waals surface area contributed by atoms with Gasteiger partial charge in [0.05, 0.1) is 48.6 Å². The largest absolute Gasteiger partial charge is 0.493 e. The van der Waals surface area contributed by atoms with Crippen LogP contribution in [0, 0.1) is 0 Å². The van der Waals surface area contributed by atoms with Crippen molar-refractivity contribution in [3.8, 4) is 33.3 Å². The van der Waals surface area contributed by atoms with Crippen LogP contribution in [0.4, 0.5) is 5.69 Å². The number of rotatable bonds is 8. The summed E-state index contributed by atoms with van der Waals surface area (Å²) in [7, 11) is 3.21. The van der Waals surface area contributed by atoms with Gasteiger partial charge in [-0.2, -0.15) is 0 Å². The molecular formula is C21H23N3O3S. The summed E-state index contributed by atoms with van der Waals surface area (Å²) < 4.78 is 10.7. The van der Waals surface area contributed by atoms with Crippen LogP contribution in [-0.2, 0) is 4.79 Å². The molecule has 1 aromatic carbocycles. The van der Waals surface area contributed by atoms with Crippen LogP contribution in [-0.4, -0.2) is 30.1 Å². The summed E-state index contributed by atoms with van der Waals surface area (Å²) in [5.74, 6) is 1.34. The van der Waals surface area contributed by atoms with Gasteiger partial charge in [-0.1, -0.05) is 13.3 Å². The van der Waals surface area contributed by atoms with Crippen LogP contribution >= 0.6 is 11.3 Å². The fourth-order valence-corrected chi connectivity index (χ4v) is 3.51. The molecule has 1 amide bonds. The van der Waals surface area contributed by atoms with Crippen molar-refractivity contribution in [2.45, 2.75) is 26.2 Å². The summed E-state index contributed by atoms with van der Waals surface area (Å²) in [4.78, 5) is 21.9. The summed E-state index contributed by atoms with van der Waals surface area (Å²) in [6.07, 6.45) is 5.86. The van der Waals surface area contributed by atoms with Gasteiger partial charge < -0.3 is 14.8 Å². The first kappa shape index (κ1) is 19.8. The van der Waals surface area contributed by atoms with Gasteiger partial charge in [0.25, 0.3) is 0 Å². The number of amides is 1. The molecule has 0 aliphatic heterocycles. The molecule has 28 heavy (non-hydrogen) atoms. The second-order valence-corrected chi connectivity index (χ2v) is 7.12. The SMILES string of the molecule is CCCCC(=O)Nc1csc(-c2cncc(-c3ccc(OC)c(OC)c3)n2)c1. The van der Waals surface area contributed by atoms with E-state index in [1.54, 1.807) is 26.6 Å². The average molecular weight is 398 g/mol. The van der Waals surface area contributed by atoms with Crippen molar-refractivity contribution in [2.75, 3.05) is 19.5 Å². The van der Waals surface area contributed by atoms with Crippen LogP contribution in [0.25, 0.3) is 21.8 Å². The van der Waals surface area contributed by atoms with Gasteiger partial charge in [0, 0.05) is 17.4 Å². The molecule has 0 saturated heterocycles. The van der Waals surface area contributed by atoms with Gasteiger partial charge in [-0.05, 0) is 30.7 Å². The van der Waals surface area contributed by atoms with Crippen LogP contribution in [0.2, 0.25) is 0 Å². The van der Waals surface area contributed by atoms with E-state index >= 15 is 0 Å². The zero-order valence-corrected chi connectivity index (χ0v) is 17.0. The predicted molar refractivity (Wildman–Crippen MR) is 112 cm³/mol. The zero-order valence-electron chi connectivity index (χ0n) is 16.2. The Morgan fingerprint density at radius 1 is 1.11 bits per heavy atom. The maximum absolute atomic E-state index is 11.9. The van der Waals surface area contributed by atoms with E-state index in [-0.39, 0.29) is 5.91 Å². The van der Waals surface area contributed by atoms with Crippen molar-refractivity contribution in [3.05, 3.63) is 42.0 Å².